The molecule has 0 aliphatic heterocycles. The third-order valence-corrected chi connectivity index (χ3v) is 3.38. The highest BCUT2D eigenvalue weighted by molar-refractivity contribution is 6.31. The monoisotopic (exact) mass is 308 g/mol. The van der Waals surface area contributed by atoms with Crippen molar-refractivity contribution in [3.8, 4) is 11.3 Å². The molecule has 0 atom stereocenters. The normalized spacial score (nSPS) is 11.0. The molecule has 0 N–H and O–H groups in total. The van der Waals surface area contributed by atoms with Gasteiger partial charge in [0.2, 0.25) is 0 Å². The lowest BCUT2D eigenvalue weighted by molar-refractivity contribution is 1.03. The van der Waals surface area contributed by atoms with E-state index in [1.165, 1.54) is 0 Å². The van der Waals surface area contributed by atoms with E-state index < -0.39 is 0 Å². The van der Waals surface area contributed by atoms with Crippen LogP contribution in [-0.4, -0.2) is 21.4 Å². The molecule has 2 aromatic heterocycles. The standard InChI is InChI=1S/C17H13ClN4/c18-17-15(8-11-21-22-17)19-9-6-13-7-10-20-16(12-13)14-4-2-1-3-5-14/h1-5,7-12H,6H2. The molecule has 1 aromatic carbocycles. The lowest BCUT2D eigenvalue weighted by Gasteiger charge is -2.02. The summed E-state index contributed by atoms with van der Waals surface area (Å²) in [6.45, 7) is 0. The number of halogens is 1. The molecule has 2 heterocycles. The zero-order valence-electron chi connectivity index (χ0n) is 11.7. The SMILES string of the molecule is Clc1nnccc1N=CCc1ccnc(-c2ccccc2)c1. The van der Waals surface area contributed by atoms with E-state index in [9.17, 15) is 0 Å². The van der Waals surface area contributed by atoms with Crippen molar-refractivity contribution in [2.45, 2.75) is 6.42 Å². The first kappa shape index (κ1) is 14.4. The Balaban J connectivity index is 1.75. The Labute approximate surface area is 133 Å². The fraction of sp³-hybridized carbons (Fsp3) is 0.0588. The molecule has 5 heteroatoms. The molecule has 0 radical (unpaired) electrons. The Kier molecular flexibility index (Phi) is 4.51. The maximum absolute atomic E-state index is 5.91. The van der Waals surface area contributed by atoms with Crippen molar-refractivity contribution >= 4 is 23.5 Å². The van der Waals surface area contributed by atoms with Gasteiger partial charge in [0.25, 0.3) is 0 Å². The summed E-state index contributed by atoms with van der Waals surface area (Å²) in [4.78, 5) is 8.73. The molecule has 3 rings (SSSR count). The minimum atomic E-state index is 0.304. The fourth-order valence-electron chi connectivity index (χ4n) is 2.02. The largest absolute Gasteiger partial charge is 0.258 e. The van der Waals surface area contributed by atoms with E-state index in [1.54, 1.807) is 12.3 Å². The van der Waals surface area contributed by atoms with Gasteiger partial charge in [0, 0.05) is 24.4 Å². The highest BCUT2D eigenvalue weighted by Crippen LogP contribution is 2.20. The molecule has 0 aliphatic rings. The van der Waals surface area contributed by atoms with Crippen LogP contribution in [0.25, 0.3) is 11.3 Å². The summed E-state index contributed by atoms with van der Waals surface area (Å²) in [6, 6.07) is 15.9. The van der Waals surface area contributed by atoms with Crippen molar-refractivity contribution in [2.75, 3.05) is 0 Å². The molecule has 0 saturated carbocycles. The lowest BCUT2D eigenvalue weighted by Crippen LogP contribution is -1.90. The Bertz CT molecular complexity index is 787. The molecule has 0 fully saturated rings. The van der Waals surface area contributed by atoms with Crippen LogP contribution in [0.5, 0.6) is 0 Å². The highest BCUT2D eigenvalue weighted by Gasteiger charge is 2.00. The summed E-state index contributed by atoms with van der Waals surface area (Å²) in [5, 5.41) is 7.75. The topological polar surface area (TPSA) is 51.0 Å². The number of nitrogens with zero attached hydrogens (tertiary/aromatic N) is 4. The van der Waals surface area contributed by atoms with Crippen molar-refractivity contribution < 1.29 is 0 Å². The molecule has 4 nitrogen and oxygen atoms in total. The maximum atomic E-state index is 5.91. The summed E-state index contributed by atoms with van der Waals surface area (Å²) in [7, 11) is 0. The van der Waals surface area contributed by atoms with E-state index in [0.29, 0.717) is 17.3 Å². The maximum Gasteiger partial charge on any atom is 0.177 e. The van der Waals surface area contributed by atoms with E-state index >= 15 is 0 Å². The zero-order valence-corrected chi connectivity index (χ0v) is 12.5. The lowest BCUT2D eigenvalue weighted by atomic mass is 10.1. The molecule has 0 bridgehead atoms. The molecule has 0 spiro atoms. The molecular formula is C17H13ClN4. The Hall–Kier alpha value is -2.59. The van der Waals surface area contributed by atoms with Crippen LogP contribution in [0, 0.1) is 0 Å². The molecule has 0 unspecified atom stereocenters. The van der Waals surface area contributed by atoms with Crippen molar-refractivity contribution in [3.63, 3.8) is 0 Å². The van der Waals surface area contributed by atoms with Gasteiger partial charge in [-0.15, -0.1) is 5.10 Å². The van der Waals surface area contributed by atoms with Crippen LogP contribution in [0.15, 0.2) is 65.9 Å². The van der Waals surface area contributed by atoms with E-state index in [4.69, 9.17) is 11.6 Å². The highest BCUT2D eigenvalue weighted by atomic mass is 35.5. The zero-order chi connectivity index (χ0) is 15.2. The van der Waals surface area contributed by atoms with Crippen LogP contribution in [-0.2, 0) is 6.42 Å². The van der Waals surface area contributed by atoms with Crippen LogP contribution in [0.2, 0.25) is 5.15 Å². The third-order valence-electron chi connectivity index (χ3n) is 3.11. The van der Waals surface area contributed by atoms with E-state index in [1.807, 2.05) is 48.8 Å². The van der Waals surface area contributed by atoms with Crippen LogP contribution in [0.4, 0.5) is 5.69 Å². The van der Waals surface area contributed by atoms with Crippen molar-refractivity contribution in [3.05, 3.63) is 71.6 Å². The first-order chi connectivity index (χ1) is 10.8. The van der Waals surface area contributed by atoms with Gasteiger partial charge in [-0.3, -0.25) is 9.98 Å². The van der Waals surface area contributed by atoms with Gasteiger partial charge in [-0.1, -0.05) is 41.9 Å². The molecule has 22 heavy (non-hydrogen) atoms. The van der Waals surface area contributed by atoms with Gasteiger partial charge in [0.15, 0.2) is 5.15 Å². The number of aliphatic imine (C=N–C) groups is 1. The molecular weight excluding hydrogens is 296 g/mol. The molecule has 0 amide bonds. The summed E-state index contributed by atoms with van der Waals surface area (Å²) in [5.41, 5.74) is 3.81. The predicted octanol–water partition coefficient (Wildman–Crippen LogP) is 4.14. The average Bonchev–Trinajstić information content (AvgIpc) is 2.58. The smallest absolute Gasteiger partial charge is 0.177 e. The van der Waals surface area contributed by atoms with Gasteiger partial charge in [-0.05, 0) is 23.8 Å². The number of aromatic nitrogens is 3. The van der Waals surface area contributed by atoms with Crippen LogP contribution in [0.1, 0.15) is 5.56 Å². The van der Waals surface area contributed by atoms with Crippen molar-refractivity contribution in [1.82, 2.24) is 15.2 Å². The Morgan fingerprint density at radius 2 is 1.91 bits per heavy atom. The van der Waals surface area contributed by atoms with Gasteiger partial charge in [-0.2, -0.15) is 5.10 Å². The minimum Gasteiger partial charge on any atom is -0.258 e. The Morgan fingerprint density at radius 3 is 2.73 bits per heavy atom. The number of benzene rings is 1. The van der Waals surface area contributed by atoms with Crippen LogP contribution in [0.3, 0.4) is 0 Å². The summed E-state index contributed by atoms with van der Waals surface area (Å²) in [6.07, 6.45) is 5.89. The summed E-state index contributed by atoms with van der Waals surface area (Å²) in [5.74, 6) is 0. The molecule has 0 aliphatic carbocycles. The second-order valence-corrected chi connectivity index (χ2v) is 5.00. The fourth-order valence-corrected chi connectivity index (χ4v) is 2.18. The van der Waals surface area contributed by atoms with Gasteiger partial charge in [0.05, 0.1) is 11.9 Å². The number of hydrogen-bond acceptors (Lipinski definition) is 4. The molecule has 3 aromatic rings. The minimum absolute atomic E-state index is 0.304. The summed E-state index contributed by atoms with van der Waals surface area (Å²) < 4.78 is 0. The average molecular weight is 309 g/mol. The first-order valence-electron chi connectivity index (χ1n) is 6.83. The number of pyridine rings is 1. The van der Waals surface area contributed by atoms with Gasteiger partial charge in [-0.25, -0.2) is 0 Å². The second kappa shape index (κ2) is 6.91. The molecule has 108 valence electrons. The van der Waals surface area contributed by atoms with E-state index in [2.05, 4.69) is 26.2 Å². The summed E-state index contributed by atoms with van der Waals surface area (Å²) >= 11 is 5.91. The van der Waals surface area contributed by atoms with E-state index in [-0.39, 0.29) is 0 Å². The quantitative estimate of drug-likeness (QED) is 0.681. The van der Waals surface area contributed by atoms with Crippen molar-refractivity contribution in [2.24, 2.45) is 4.99 Å². The van der Waals surface area contributed by atoms with Gasteiger partial charge >= 0.3 is 0 Å². The predicted molar refractivity (Wildman–Crippen MR) is 88.6 cm³/mol. The first-order valence-corrected chi connectivity index (χ1v) is 7.21. The third kappa shape index (κ3) is 3.54. The number of rotatable bonds is 4. The van der Waals surface area contributed by atoms with Crippen LogP contribution >= 0.6 is 11.6 Å². The number of hydrogen-bond donors (Lipinski definition) is 0. The molecule has 0 saturated heterocycles. The second-order valence-electron chi connectivity index (χ2n) is 4.64. The Morgan fingerprint density at radius 1 is 1.05 bits per heavy atom. The van der Waals surface area contributed by atoms with Crippen LogP contribution < -0.4 is 0 Å². The van der Waals surface area contributed by atoms with E-state index in [0.717, 1.165) is 16.8 Å². The van der Waals surface area contributed by atoms with Gasteiger partial charge in [0.1, 0.15) is 5.69 Å². The van der Waals surface area contributed by atoms with Gasteiger partial charge < -0.3 is 0 Å². The van der Waals surface area contributed by atoms with Crippen molar-refractivity contribution in [1.29, 1.82) is 0 Å².